The highest BCUT2D eigenvalue weighted by Crippen LogP contribution is 2.39. The number of anilines is 1. The summed E-state index contributed by atoms with van der Waals surface area (Å²) in [7, 11) is -3.61. The van der Waals surface area contributed by atoms with Gasteiger partial charge < -0.3 is 19.6 Å². The Labute approximate surface area is 242 Å². The van der Waals surface area contributed by atoms with E-state index < -0.39 is 67.9 Å². The first kappa shape index (κ1) is 31.4. The zero-order valence-corrected chi connectivity index (χ0v) is 24.0. The second-order valence-corrected chi connectivity index (χ2v) is 11.2. The lowest BCUT2D eigenvalue weighted by molar-refractivity contribution is 0.0506. The summed E-state index contributed by atoms with van der Waals surface area (Å²) in [6, 6.07) is 3.87. The Hall–Kier alpha value is -3.55. The molecule has 4 rings (SSSR count). The van der Waals surface area contributed by atoms with Crippen LogP contribution in [0, 0.1) is 30.2 Å². The smallest absolute Gasteiger partial charge is 0.321 e. The zero-order chi connectivity index (χ0) is 31.1. The van der Waals surface area contributed by atoms with Crippen molar-refractivity contribution in [1.82, 2.24) is 14.8 Å². The van der Waals surface area contributed by atoms with E-state index in [0.29, 0.717) is 22.6 Å². The average molecular weight is 631 g/mol. The van der Waals surface area contributed by atoms with Crippen molar-refractivity contribution in [1.29, 1.82) is 0 Å². The van der Waals surface area contributed by atoms with Crippen molar-refractivity contribution in [2.75, 3.05) is 18.7 Å². The maximum absolute atomic E-state index is 15.0. The first-order valence-electron chi connectivity index (χ1n) is 12.2. The van der Waals surface area contributed by atoms with Crippen molar-refractivity contribution < 1.29 is 46.0 Å². The number of aryl methyl sites for hydroxylation is 1. The summed E-state index contributed by atoms with van der Waals surface area (Å²) < 4.78 is 73.0. The van der Waals surface area contributed by atoms with Crippen LogP contribution in [0.25, 0.3) is 0 Å². The maximum atomic E-state index is 15.0. The van der Waals surface area contributed by atoms with Gasteiger partial charge in [-0.05, 0) is 31.5 Å². The van der Waals surface area contributed by atoms with Gasteiger partial charge in [-0.2, -0.15) is 0 Å². The normalized spacial score (nSPS) is 15.2. The molecule has 2 heterocycles. The number of urea groups is 1. The Kier molecular flexibility index (Phi) is 8.95. The van der Waals surface area contributed by atoms with Crippen molar-refractivity contribution in [2.24, 2.45) is 0 Å². The summed E-state index contributed by atoms with van der Waals surface area (Å²) in [5, 5.41) is -0.0370. The van der Waals surface area contributed by atoms with Gasteiger partial charge in [0, 0.05) is 42.1 Å². The van der Waals surface area contributed by atoms with Crippen LogP contribution in [0.5, 0.6) is 0 Å². The molecule has 3 aromatic rings. The molecule has 1 aliphatic rings. The predicted molar refractivity (Wildman–Crippen MR) is 142 cm³/mol. The molecule has 42 heavy (non-hydrogen) atoms. The van der Waals surface area contributed by atoms with E-state index in [-0.39, 0.29) is 34.1 Å². The van der Waals surface area contributed by atoms with E-state index in [0.717, 1.165) is 0 Å². The fourth-order valence-electron chi connectivity index (χ4n) is 4.42. The number of rotatable bonds is 8. The molecule has 1 atom stereocenters. The average Bonchev–Trinajstić information content (AvgIpc) is 2.91. The number of aromatic nitrogens is 1. The third-order valence-electron chi connectivity index (χ3n) is 6.81. The second kappa shape index (κ2) is 12.0. The number of nitrogens with zero attached hydrogens (tertiary/aromatic N) is 4. The van der Waals surface area contributed by atoms with E-state index >= 15 is 0 Å². The minimum atomic E-state index is -5.14. The molecule has 2 N–H and O–H groups in total. The third-order valence-corrected chi connectivity index (χ3v) is 7.59. The van der Waals surface area contributed by atoms with Crippen LogP contribution in [-0.4, -0.2) is 50.3 Å². The van der Waals surface area contributed by atoms with Gasteiger partial charge in [0.05, 0.1) is 35.5 Å². The molecule has 16 heteroatoms. The van der Waals surface area contributed by atoms with E-state index in [2.05, 4.69) is 9.51 Å². The summed E-state index contributed by atoms with van der Waals surface area (Å²) in [4.78, 5) is 52.3. The Morgan fingerprint density at radius 2 is 1.79 bits per heavy atom. The number of pyridine rings is 1. The van der Waals surface area contributed by atoms with Crippen molar-refractivity contribution in [3.05, 3.63) is 92.8 Å². The van der Waals surface area contributed by atoms with Crippen molar-refractivity contribution in [2.45, 2.75) is 33.0 Å². The molecule has 10 nitrogen and oxygen atoms in total. The maximum Gasteiger partial charge on any atom is 0.471 e. The Morgan fingerprint density at radius 3 is 2.40 bits per heavy atom. The number of halogens is 5. The van der Waals surface area contributed by atoms with E-state index in [4.69, 9.17) is 21.4 Å². The first-order chi connectivity index (χ1) is 19.6. The number of phosphoric ester groups is 1. The fourth-order valence-corrected chi connectivity index (χ4v) is 4.90. The van der Waals surface area contributed by atoms with Crippen LogP contribution in [-0.2, 0) is 22.2 Å². The van der Waals surface area contributed by atoms with Crippen LogP contribution in [0.2, 0.25) is 5.02 Å². The summed E-state index contributed by atoms with van der Waals surface area (Å²) in [6.07, 6.45) is 1.24. The molecule has 0 fully saturated rings. The number of carbonyl (C=O) groups is 2. The Bertz CT molecular complexity index is 1600. The van der Waals surface area contributed by atoms with Gasteiger partial charge in [-0.25, -0.2) is 26.9 Å². The molecular weight excluding hydrogens is 607 g/mol. The molecule has 0 spiro atoms. The Balaban J connectivity index is 1.77. The van der Waals surface area contributed by atoms with Crippen LogP contribution < -0.4 is 4.90 Å². The number of hydrogen-bond donors (Lipinski definition) is 2. The van der Waals surface area contributed by atoms with Gasteiger partial charge >= 0.3 is 13.9 Å². The number of benzene rings is 2. The number of fused-ring (bicyclic) bond motifs is 1. The van der Waals surface area contributed by atoms with Crippen LogP contribution >= 0.6 is 19.4 Å². The van der Waals surface area contributed by atoms with Crippen molar-refractivity contribution in [3.63, 3.8) is 0 Å². The molecule has 3 amide bonds. The largest absolute Gasteiger partial charge is 0.471 e. The van der Waals surface area contributed by atoms with Crippen molar-refractivity contribution >= 4 is 37.0 Å². The number of hydrogen-bond acceptors (Lipinski definition) is 5. The molecule has 0 saturated carbocycles. The summed E-state index contributed by atoms with van der Waals surface area (Å²) >= 11 is 6.19. The quantitative estimate of drug-likeness (QED) is 0.193. The van der Waals surface area contributed by atoms with Crippen LogP contribution in [0.15, 0.2) is 36.5 Å². The lowest BCUT2D eigenvalue weighted by Crippen LogP contribution is -2.47. The second-order valence-electron chi connectivity index (χ2n) is 9.51. The highest BCUT2D eigenvalue weighted by molar-refractivity contribution is 7.46. The molecule has 2 aromatic carbocycles. The van der Waals surface area contributed by atoms with Gasteiger partial charge in [0.25, 0.3) is 5.91 Å². The summed E-state index contributed by atoms with van der Waals surface area (Å²) in [5.74, 6) is -5.62. The molecule has 224 valence electrons. The molecular formula is C26H24ClF4N4O6P. The molecule has 0 unspecified atom stereocenters. The number of amides is 3. The van der Waals surface area contributed by atoms with E-state index in [1.54, 1.807) is 6.92 Å². The molecule has 1 aromatic heterocycles. The molecule has 1 aliphatic heterocycles. The number of carbonyl (C=O) groups excluding carboxylic acids is 2. The van der Waals surface area contributed by atoms with Gasteiger partial charge in [0.15, 0.2) is 5.82 Å². The third kappa shape index (κ3) is 6.42. The van der Waals surface area contributed by atoms with Gasteiger partial charge in [0.2, 0.25) is 0 Å². The Morgan fingerprint density at radius 1 is 1.14 bits per heavy atom. The van der Waals surface area contributed by atoms with Gasteiger partial charge in [-0.3, -0.25) is 19.2 Å². The lowest BCUT2D eigenvalue weighted by atomic mass is 9.98. The topological polar surface area (TPSA) is 124 Å². The van der Waals surface area contributed by atoms with Crippen LogP contribution in [0.3, 0.4) is 0 Å². The standard InChI is InChI=1S/C26H24ClF4N4O6P/c1-13-24(31)18(20(27)9-32-13)11-35-23-6-15(4-5-17(23)14(2)33(3)26(35)37)25(36)34(12-41-42(38,39)40)10-19-21(29)7-16(28)8-22(19)30/h4-9,14H,10-12H2,1-3H3,(H2,38,39,40)/t14-/m0/s1. The molecule has 0 aliphatic carbocycles. The first-order valence-corrected chi connectivity index (χ1v) is 14.1. The molecule has 0 radical (unpaired) electrons. The van der Waals surface area contributed by atoms with E-state index in [9.17, 15) is 31.7 Å². The minimum Gasteiger partial charge on any atom is -0.321 e. The fraction of sp³-hybridized carbons (Fsp3) is 0.269. The SMILES string of the molecule is Cc1ncc(Cl)c(CN2C(=O)N(C)[C@@H](C)c3ccc(C(=O)N(COP(=O)(O)O)Cc4c(F)cc(F)cc4F)cc32)c1F. The van der Waals surface area contributed by atoms with Gasteiger partial charge in [-0.1, -0.05) is 17.7 Å². The number of phosphoric acid groups is 1. The van der Waals surface area contributed by atoms with Crippen LogP contribution in [0.4, 0.5) is 28.0 Å². The predicted octanol–water partition coefficient (Wildman–Crippen LogP) is 5.44. The summed E-state index contributed by atoms with van der Waals surface area (Å²) in [6.45, 7) is 0.806. The zero-order valence-electron chi connectivity index (χ0n) is 22.3. The highest BCUT2D eigenvalue weighted by Gasteiger charge is 2.35. The minimum absolute atomic E-state index is 0.0259. The summed E-state index contributed by atoms with van der Waals surface area (Å²) in [5.41, 5.74) is -0.158. The molecule has 0 bridgehead atoms. The van der Waals surface area contributed by atoms with Crippen molar-refractivity contribution in [3.8, 4) is 0 Å². The van der Waals surface area contributed by atoms with Gasteiger partial charge in [-0.15, -0.1) is 0 Å². The lowest BCUT2D eigenvalue weighted by Gasteiger charge is -2.40. The van der Waals surface area contributed by atoms with Crippen LogP contribution in [0.1, 0.15) is 45.7 Å². The monoisotopic (exact) mass is 630 g/mol. The van der Waals surface area contributed by atoms with Gasteiger partial charge in [0.1, 0.15) is 24.2 Å². The van der Waals surface area contributed by atoms with E-state index in [1.165, 1.54) is 48.2 Å². The highest BCUT2D eigenvalue weighted by atomic mass is 35.5. The van der Waals surface area contributed by atoms with E-state index in [1.807, 2.05) is 0 Å². The molecule has 0 saturated heterocycles.